The Bertz CT molecular complexity index is 1380. The molecule has 0 unspecified atom stereocenters. The second-order valence-corrected chi connectivity index (χ2v) is 11.4. The molecule has 0 bridgehead atoms. The van der Waals surface area contributed by atoms with Crippen LogP contribution < -0.4 is 25.6 Å². The number of fused-ring (bicyclic) bond motifs is 2. The second kappa shape index (κ2) is 12.0. The molecule has 9 heteroatoms. The number of ether oxygens (including phenoxy) is 1. The standard InChI is InChI=1S/C31H40N8O/c1-21-6-3-7-22-8-4-10-28(29(21)22)39-15-12-26-27(19-39)36-31(40-20-25-9-5-14-38(25)2)37-30(26)35-16-23(11-13-32)33-17-24-18-34-24/h3-4,6-8,10,23-25,33-34H,5,9,11-12,14-20H2,1-2H3,(H,35,36,37)/t23-,24+,25-/m0/s1. The molecule has 3 aliphatic rings. The first-order valence-corrected chi connectivity index (χ1v) is 14.6. The summed E-state index contributed by atoms with van der Waals surface area (Å²) in [5.74, 6) is 0.836. The molecular weight excluding hydrogens is 500 g/mol. The van der Waals surface area contributed by atoms with Crippen molar-refractivity contribution in [2.45, 2.75) is 57.3 Å². The summed E-state index contributed by atoms with van der Waals surface area (Å²) < 4.78 is 6.24. The minimum atomic E-state index is 0.0493. The smallest absolute Gasteiger partial charge is 0.318 e. The third-order valence-corrected chi connectivity index (χ3v) is 8.55. The van der Waals surface area contributed by atoms with Crippen molar-refractivity contribution in [3.63, 3.8) is 0 Å². The topological polar surface area (TPSA) is 111 Å². The van der Waals surface area contributed by atoms with Crippen LogP contribution in [-0.2, 0) is 13.0 Å². The summed E-state index contributed by atoms with van der Waals surface area (Å²) >= 11 is 0. The predicted molar refractivity (Wildman–Crippen MR) is 159 cm³/mol. The molecule has 2 saturated heterocycles. The molecule has 3 aromatic rings. The molecule has 2 fully saturated rings. The van der Waals surface area contributed by atoms with Gasteiger partial charge in [-0.3, -0.25) is 0 Å². The molecule has 2 aromatic carbocycles. The van der Waals surface area contributed by atoms with Crippen molar-refractivity contribution in [3.05, 3.63) is 53.2 Å². The average Bonchev–Trinajstić information content (AvgIpc) is 3.71. The third kappa shape index (κ3) is 5.99. The Labute approximate surface area is 236 Å². The first kappa shape index (κ1) is 26.8. The van der Waals surface area contributed by atoms with E-state index in [4.69, 9.17) is 14.7 Å². The van der Waals surface area contributed by atoms with E-state index in [2.05, 4.69) is 82.2 Å². The molecule has 9 nitrogen and oxygen atoms in total. The lowest BCUT2D eigenvalue weighted by atomic mass is 10.00. The van der Waals surface area contributed by atoms with Crippen LogP contribution in [0.25, 0.3) is 10.8 Å². The van der Waals surface area contributed by atoms with Crippen LogP contribution in [0.4, 0.5) is 11.5 Å². The van der Waals surface area contributed by atoms with Gasteiger partial charge in [-0.25, -0.2) is 0 Å². The van der Waals surface area contributed by atoms with E-state index >= 15 is 0 Å². The van der Waals surface area contributed by atoms with E-state index in [1.807, 2.05) is 0 Å². The number of likely N-dealkylation sites (N-methyl/N-ethyl adjacent to an activating group) is 1. The molecule has 0 amide bonds. The average molecular weight is 541 g/mol. The van der Waals surface area contributed by atoms with Crippen LogP contribution in [0.3, 0.4) is 0 Å². The van der Waals surface area contributed by atoms with E-state index < -0.39 is 0 Å². The highest BCUT2D eigenvalue weighted by Gasteiger charge is 2.27. The number of aryl methyl sites for hydroxylation is 1. The molecule has 40 heavy (non-hydrogen) atoms. The molecule has 4 heterocycles. The molecule has 6 rings (SSSR count). The largest absolute Gasteiger partial charge is 0.462 e. The summed E-state index contributed by atoms with van der Waals surface area (Å²) in [6.07, 6.45) is 3.62. The highest BCUT2D eigenvalue weighted by Crippen LogP contribution is 2.34. The minimum Gasteiger partial charge on any atom is -0.462 e. The number of hydrogen-bond donors (Lipinski definition) is 3. The summed E-state index contributed by atoms with van der Waals surface area (Å²) in [5, 5.41) is 22.4. The monoisotopic (exact) mass is 540 g/mol. The molecule has 210 valence electrons. The maximum Gasteiger partial charge on any atom is 0.318 e. The van der Waals surface area contributed by atoms with Crippen molar-refractivity contribution < 1.29 is 4.74 Å². The van der Waals surface area contributed by atoms with E-state index in [-0.39, 0.29) is 6.04 Å². The first-order chi connectivity index (χ1) is 19.6. The zero-order valence-corrected chi connectivity index (χ0v) is 23.6. The molecule has 3 N–H and O–H groups in total. The van der Waals surface area contributed by atoms with E-state index in [1.165, 1.54) is 28.4 Å². The van der Waals surface area contributed by atoms with Gasteiger partial charge in [0.25, 0.3) is 0 Å². The van der Waals surface area contributed by atoms with Gasteiger partial charge in [-0.2, -0.15) is 15.2 Å². The van der Waals surface area contributed by atoms with Crippen molar-refractivity contribution >= 4 is 22.3 Å². The quantitative estimate of drug-likeness (QED) is 0.316. The maximum atomic E-state index is 9.39. The Morgan fingerprint density at radius 3 is 2.83 bits per heavy atom. The highest BCUT2D eigenvalue weighted by atomic mass is 16.5. The fraction of sp³-hybridized carbons (Fsp3) is 0.516. The van der Waals surface area contributed by atoms with E-state index in [1.54, 1.807) is 0 Å². The zero-order chi connectivity index (χ0) is 27.5. The lowest BCUT2D eigenvalue weighted by molar-refractivity contribution is 0.187. The highest BCUT2D eigenvalue weighted by molar-refractivity contribution is 5.97. The summed E-state index contributed by atoms with van der Waals surface area (Å²) in [6, 6.07) is 16.8. The van der Waals surface area contributed by atoms with Crippen LogP contribution in [0.5, 0.6) is 6.01 Å². The molecular formula is C31H40N8O. The Morgan fingerprint density at radius 2 is 2.05 bits per heavy atom. The van der Waals surface area contributed by atoms with Gasteiger partial charge in [0.1, 0.15) is 12.4 Å². The number of anilines is 2. The van der Waals surface area contributed by atoms with Crippen LogP contribution in [0.1, 0.15) is 36.1 Å². The fourth-order valence-corrected chi connectivity index (χ4v) is 6.04. The van der Waals surface area contributed by atoms with Gasteiger partial charge in [0, 0.05) is 60.9 Å². The van der Waals surface area contributed by atoms with Gasteiger partial charge in [-0.15, -0.1) is 0 Å². The van der Waals surface area contributed by atoms with Gasteiger partial charge in [-0.1, -0.05) is 30.3 Å². The van der Waals surface area contributed by atoms with Crippen molar-refractivity contribution in [1.29, 1.82) is 5.26 Å². The molecule has 0 aliphatic carbocycles. The number of benzene rings is 2. The summed E-state index contributed by atoms with van der Waals surface area (Å²) in [6.45, 7) is 8.02. The van der Waals surface area contributed by atoms with Gasteiger partial charge in [0.05, 0.1) is 24.7 Å². The Morgan fingerprint density at radius 1 is 1.20 bits per heavy atom. The number of nitrogens with zero attached hydrogens (tertiary/aromatic N) is 5. The Hall–Kier alpha value is -3.45. The van der Waals surface area contributed by atoms with Crippen molar-refractivity contribution in [3.8, 4) is 12.1 Å². The third-order valence-electron chi connectivity index (χ3n) is 8.55. The van der Waals surface area contributed by atoms with Gasteiger partial charge in [0.2, 0.25) is 0 Å². The van der Waals surface area contributed by atoms with Gasteiger partial charge in [0.15, 0.2) is 0 Å². The number of hydrogen-bond acceptors (Lipinski definition) is 9. The first-order valence-electron chi connectivity index (χ1n) is 14.6. The van der Waals surface area contributed by atoms with Crippen LogP contribution in [0.2, 0.25) is 0 Å². The number of rotatable bonds is 11. The van der Waals surface area contributed by atoms with Crippen LogP contribution in [0, 0.1) is 18.3 Å². The van der Waals surface area contributed by atoms with E-state index in [9.17, 15) is 5.26 Å². The van der Waals surface area contributed by atoms with Crippen LogP contribution in [-0.4, -0.2) is 79.4 Å². The SMILES string of the molecule is Cc1cccc2cccc(N3CCc4c(nc(OC[C@@H]5CCCN5C)nc4NC[C@H](CC#N)NC[C@@H]4CN4)C3)c12. The molecule has 3 atom stereocenters. The predicted octanol–water partition coefficient (Wildman–Crippen LogP) is 3.23. The molecule has 3 aliphatic heterocycles. The zero-order valence-electron chi connectivity index (χ0n) is 23.6. The van der Waals surface area contributed by atoms with Gasteiger partial charge < -0.3 is 30.5 Å². The number of nitriles is 1. The Kier molecular flexibility index (Phi) is 8.00. The molecule has 0 spiro atoms. The number of nitrogens with one attached hydrogen (secondary N) is 3. The van der Waals surface area contributed by atoms with Gasteiger partial charge >= 0.3 is 6.01 Å². The van der Waals surface area contributed by atoms with Crippen LogP contribution >= 0.6 is 0 Å². The Balaban J connectivity index is 1.26. The van der Waals surface area contributed by atoms with E-state index in [0.717, 1.165) is 56.1 Å². The molecule has 0 radical (unpaired) electrons. The number of aromatic nitrogens is 2. The van der Waals surface area contributed by atoms with Crippen molar-refractivity contribution in [2.24, 2.45) is 0 Å². The molecule has 1 aromatic heterocycles. The summed E-state index contributed by atoms with van der Waals surface area (Å²) in [5.41, 5.74) is 4.69. The van der Waals surface area contributed by atoms with Crippen molar-refractivity contribution in [2.75, 3.05) is 56.6 Å². The van der Waals surface area contributed by atoms with E-state index in [0.29, 0.717) is 44.2 Å². The van der Waals surface area contributed by atoms with Crippen molar-refractivity contribution in [1.82, 2.24) is 25.5 Å². The van der Waals surface area contributed by atoms with Crippen LogP contribution in [0.15, 0.2) is 36.4 Å². The molecule has 0 saturated carbocycles. The summed E-state index contributed by atoms with van der Waals surface area (Å²) in [4.78, 5) is 14.6. The number of likely N-dealkylation sites (tertiary alicyclic amines) is 1. The lowest BCUT2D eigenvalue weighted by Gasteiger charge is -2.32. The lowest BCUT2D eigenvalue weighted by Crippen LogP contribution is -2.38. The fourth-order valence-electron chi connectivity index (χ4n) is 6.04. The maximum absolute atomic E-state index is 9.39. The normalized spacial score (nSPS) is 21.2. The summed E-state index contributed by atoms with van der Waals surface area (Å²) in [7, 11) is 2.16. The second-order valence-electron chi connectivity index (χ2n) is 11.4. The van der Waals surface area contributed by atoms with Gasteiger partial charge in [-0.05, 0) is 56.8 Å². The minimum absolute atomic E-state index is 0.0493.